The first kappa shape index (κ1) is 16.0. The number of aryl methyl sites for hydroxylation is 1. The van der Waals surface area contributed by atoms with Gasteiger partial charge in [0.15, 0.2) is 11.5 Å². The maximum absolute atomic E-state index is 15.7. The van der Waals surface area contributed by atoms with E-state index < -0.39 is 17.2 Å². The van der Waals surface area contributed by atoms with E-state index in [4.69, 9.17) is 0 Å². The van der Waals surface area contributed by atoms with Gasteiger partial charge in [-0.25, -0.2) is 18.3 Å². The number of anilines is 1. The summed E-state index contributed by atoms with van der Waals surface area (Å²) >= 11 is 0. The Morgan fingerprint density at radius 2 is 2.00 bits per heavy atom. The zero-order valence-electron chi connectivity index (χ0n) is 15.1. The predicted octanol–water partition coefficient (Wildman–Crippen LogP) is 4.43. The molecule has 1 aromatic carbocycles. The van der Waals surface area contributed by atoms with Crippen molar-refractivity contribution < 1.29 is 8.78 Å². The second-order valence-electron chi connectivity index (χ2n) is 7.34. The summed E-state index contributed by atoms with van der Waals surface area (Å²) in [6.45, 7) is 5.88. The van der Waals surface area contributed by atoms with Gasteiger partial charge in [0.05, 0.1) is 28.6 Å². The zero-order chi connectivity index (χ0) is 18.9. The Bertz CT molecular complexity index is 1220. The molecule has 3 aromatic heterocycles. The lowest BCUT2D eigenvalue weighted by molar-refractivity contribution is 0.532. The zero-order valence-corrected chi connectivity index (χ0v) is 15.1. The predicted molar refractivity (Wildman–Crippen MR) is 99.1 cm³/mol. The van der Waals surface area contributed by atoms with Gasteiger partial charge in [-0.2, -0.15) is 5.10 Å². The van der Waals surface area contributed by atoms with E-state index in [1.807, 2.05) is 37.5 Å². The summed E-state index contributed by atoms with van der Waals surface area (Å²) in [6.07, 6.45) is 4.71. The second-order valence-corrected chi connectivity index (χ2v) is 7.34. The van der Waals surface area contributed by atoms with Gasteiger partial charge in [0.1, 0.15) is 11.5 Å². The Labute approximate surface area is 154 Å². The molecule has 0 amide bonds. The molecule has 0 saturated heterocycles. The lowest BCUT2D eigenvalue weighted by Crippen LogP contribution is -2.35. The van der Waals surface area contributed by atoms with Crippen LogP contribution in [0.1, 0.15) is 25.2 Å². The first-order chi connectivity index (χ1) is 12.9. The second kappa shape index (κ2) is 5.16. The first-order valence-corrected chi connectivity index (χ1v) is 8.66. The van der Waals surface area contributed by atoms with Crippen LogP contribution in [-0.2, 0) is 5.54 Å². The van der Waals surface area contributed by atoms with Gasteiger partial charge in [0.25, 0.3) is 0 Å². The Balaban J connectivity index is 1.85. The van der Waals surface area contributed by atoms with Crippen molar-refractivity contribution in [2.75, 3.05) is 5.32 Å². The van der Waals surface area contributed by atoms with Gasteiger partial charge in [-0.15, -0.1) is 0 Å². The summed E-state index contributed by atoms with van der Waals surface area (Å²) in [5.41, 5.74) is 2.70. The lowest BCUT2D eigenvalue weighted by Gasteiger charge is -2.36. The highest BCUT2D eigenvalue weighted by molar-refractivity contribution is 5.83. The fourth-order valence-electron chi connectivity index (χ4n) is 3.90. The average Bonchev–Trinajstić information content (AvgIpc) is 3.20. The molecular formula is C20H17F2N5. The van der Waals surface area contributed by atoms with E-state index in [9.17, 15) is 0 Å². The molecule has 5 rings (SSSR count). The van der Waals surface area contributed by atoms with E-state index in [1.54, 1.807) is 18.5 Å². The van der Waals surface area contributed by atoms with Crippen LogP contribution in [0, 0.1) is 18.6 Å². The number of hydrogen-bond donors (Lipinski definition) is 1. The van der Waals surface area contributed by atoms with Gasteiger partial charge in [0.2, 0.25) is 0 Å². The van der Waals surface area contributed by atoms with Crippen LogP contribution in [0.5, 0.6) is 0 Å². The van der Waals surface area contributed by atoms with Gasteiger partial charge in [-0.3, -0.25) is 0 Å². The molecule has 0 aliphatic carbocycles. The van der Waals surface area contributed by atoms with Crippen molar-refractivity contribution in [1.82, 2.24) is 19.2 Å². The largest absolute Gasteiger partial charge is 0.373 e. The Hall–Kier alpha value is -3.22. The molecule has 0 saturated carbocycles. The summed E-state index contributed by atoms with van der Waals surface area (Å²) in [5, 5.41) is 7.42. The van der Waals surface area contributed by atoms with Crippen molar-refractivity contribution in [3.05, 3.63) is 65.9 Å². The summed E-state index contributed by atoms with van der Waals surface area (Å²) < 4.78 is 34.1. The third-order valence-corrected chi connectivity index (χ3v) is 5.13. The van der Waals surface area contributed by atoms with Crippen LogP contribution >= 0.6 is 0 Å². The molecule has 0 bridgehead atoms. The van der Waals surface area contributed by atoms with E-state index in [-0.39, 0.29) is 5.56 Å². The van der Waals surface area contributed by atoms with Crippen LogP contribution in [-0.4, -0.2) is 19.2 Å². The molecule has 136 valence electrons. The quantitative estimate of drug-likeness (QED) is 0.543. The monoisotopic (exact) mass is 365 g/mol. The maximum Gasteiger partial charge on any atom is 0.162 e. The highest BCUT2D eigenvalue weighted by Crippen LogP contribution is 2.43. The molecule has 5 nitrogen and oxygen atoms in total. The summed E-state index contributed by atoms with van der Waals surface area (Å²) in [5.74, 6) is -1.28. The minimum atomic E-state index is -0.650. The number of aromatic nitrogens is 4. The Morgan fingerprint density at radius 3 is 2.81 bits per heavy atom. The van der Waals surface area contributed by atoms with Gasteiger partial charge >= 0.3 is 0 Å². The average molecular weight is 365 g/mol. The van der Waals surface area contributed by atoms with Gasteiger partial charge in [0, 0.05) is 29.8 Å². The Morgan fingerprint density at radius 1 is 1.19 bits per heavy atom. The lowest BCUT2D eigenvalue weighted by atomic mass is 9.95. The number of hydrogen-bond acceptors (Lipinski definition) is 3. The van der Waals surface area contributed by atoms with Gasteiger partial charge in [-0.1, -0.05) is 0 Å². The molecule has 0 fully saturated rings. The van der Waals surface area contributed by atoms with Crippen LogP contribution in [0.2, 0.25) is 0 Å². The van der Waals surface area contributed by atoms with E-state index in [0.29, 0.717) is 22.6 Å². The van der Waals surface area contributed by atoms with Crippen LogP contribution in [0.25, 0.3) is 22.5 Å². The standard InChI is InChI=1S/C20H17F2N5/c1-11-5-6-15-20(2,3)25-14-9-13(21)16(17(22)18(14)27(11)15)12-10-24-26-8-4-7-23-19(12)26/h4-10,25H,1-3H3. The first-order valence-electron chi connectivity index (χ1n) is 8.66. The third-order valence-electron chi connectivity index (χ3n) is 5.13. The molecule has 0 atom stereocenters. The maximum atomic E-state index is 15.7. The molecule has 4 aromatic rings. The summed E-state index contributed by atoms with van der Waals surface area (Å²) in [4.78, 5) is 4.23. The minimum Gasteiger partial charge on any atom is -0.373 e. The number of nitrogens with zero attached hydrogens (tertiary/aromatic N) is 4. The molecule has 1 aliphatic heterocycles. The fourth-order valence-corrected chi connectivity index (χ4v) is 3.90. The van der Waals surface area contributed by atoms with Crippen molar-refractivity contribution in [2.24, 2.45) is 0 Å². The SMILES string of the molecule is Cc1ccc2n1-c1c(cc(F)c(-c3cnn4cccnc34)c1F)NC2(C)C. The van der Waals surface area contributed by atoms with Crippen LogP contribution in [0.4, 0.5) is 14.5 Å². The minimum absolute atomic E-state index is 0.122. The molecule has 0 radical (unpaired) electrons. The van der Waals surface area contributed by atoms with Gasteiger partial charge < -0.3 is 9.88 Å². The van der Waals surface area contributed by atoms with Crippen molar-refractivity contribution in [3.8, 4) is 16.8 Å². The highest BCUT2D eigenvalue weighted by atomic mass is 19.1. The topological polar surface area (TPSA) is 47.2 Å². The summed E-state index contributed by atoms with van der Waals surface area (Å²) in [7, 11) is 0. The van der Waals surface area contributed by atoms with Crippen LogP contribution < -0.4 is 5.32 Å². The molecule has 0 unspecified atom stereocenters. The Kier molecular flexibility index (Phi) is 3.05. The van der Waals surface area contributed by atoms with E-state index in [2.05, 4.69) is 15.4 Å². The molecule has 1 N–H and O–H groups in total. The highest BCUT2D eigenvalue weighted by Gasteiger charge is 2.35. The molecule has 7 heteroatoms. The van der Waals surface area contributed by atoms with E-state index in [0.717, 1.165) is 11.4 Å². The van der Waals surface area contributed by atoms with Crippen molar-refractivity contribution in [2.45, 2.75) is 26.3 Å². The summed E-state index contributed by atoms with van der Waals surface area (Å²) in [6, 6.07) is 6.97. The number of halogens is 2. The van der Waals surface area contributed by atoms with Crippen molar-refractivity contribution in [3.63, 3.8) is 0 Å². The number of rotatable bonds is 1. The molecule has 27 heavy (non-hydrogen) atoms. The fraction of sp³-hybridized carbons (Fsp3) is 0.200. The van der Waals surface area contributed by atoms with Crippen molar-refractivity contribution in [1.29, 1.82) is 0 Å². The van der Waals surface area contributed by atoms with E-state index >= 15 is 8.78 Å². The van der Waals surface area contributed by atoms with Gasteiger partial charge in [-0.05, 0) is 39.0 Å². The molecule has 1 aliphatic rings. The normalized spacial score (nSPS) is 14.7. The number of nitrogens with one attached hydrogen (secondary N) is 1. The van der Waals surface area contributed by atoms with E-state index in [1.165, 1.54) is 16.8 Å². The number of benzene rings is 1. The smallest absolute Gasteiger partial charge is 0.162 e. The molecule has 4 heterocycles. The van der Waals surface area contributed by atoms with Crippen LogP contribution in [0.15, 0.2) is 42.9 Å². The molecule has 0 spiro atoms. The van der Waals surface area contributed by atoms with Crippen LogP contribution in [0.3, 0.4) is 0 Å². The number of fused-ring (bicyclic) bond motifs is 4. The molecular weight excluding hydrogens is 348 g/mol. The third kappa shape index (κ3) is 2.08. The van der Waals surface area contributed by atoms with Crippen molar-refractivity contribution >= 4 is 11.3 Å².